The van der Waals surface area contributed by atoms with Gasteiger partial charge in [-0.1, -0.05) is 0 Å². The van der Waals surface area contributed by atoms with Crippen molar-refractivity contribution in [3.05, 3.63) is 41.2 Å². The number of hydrogen-bond acceptors (Lipinski definition) is 5. The molecule has 0 unspecified atom stereocenters. The zero-order valence-corrected chi connectivity index (χ0v) is 11.5. The van der Waals surface area contributed by atoms with Gasteiger partial charge in [-0.3, -0.25) is 9.89 Å². The van der Waals surface area contributed by atoms with Crippen molar-refractivity contribution in [3.8, 4) is 11.5 Å². The number of aromatic nitrogens is 2. The van der Waals surface area contributed by atoms with E-state index in [9.17, 15) is 9.59 Å². The van der Waals surface area contributed by atoms with Crippen LogP contribution in [0.3, 0.4) is 0 Å². The Morgan fingerprint density at radius 1 is 1.24 bits per heavy atom. The van der Waals surface area contributed by atoms with Gasteiger partial charge in [-0.15, -0.1) is 0 Å². The molecule has 0 aliphatic carbocycles. The summed E-state index contributed by atoms with van der Waals surface area (Å²) in [5.41, 5.74) is 0.663. The molecule has 1 aromatic heterocycles. The second-order valence-corrected chi connectivity index (χ2v) is 4.25. The molecule has 2 rings (SSSR count). The van der Waals surface area contributed by atoms with Gasteiger partial charge in [0.25, 0.3) is 0 Å². The Morgan fingerprint density at radius 3 is 2.57 bits per heavy atom. The van der Waals surface area contributed by atoms with E-state index in [1.807, 2.05) is 0 Å². The molecule has 0 saturated carbocycles. The molecule has 0 fully saturated rings. The van der Waals surface area contributed by atoms with Gasteiger partial charge in [0.05, 0.1) is 20.4 Å². The van der Waals surface area contributed by atoms with Crippen LogP contribution in [0.4, 0.5) is 0 Å². The number of methoxy groups -OCH3 is 2. The van der Waals surface area contributed by atoms with Crippen LogP contribution >= 0.6 is 0 Å². The average molecular weight is 290 g/mol. The van der Waals surface area contributed by atoms with Gasteiger partial charge in [-0.2, -0.15) is 5.10 Å². The standard InChI is InChI=1S/C14H14N2O5/c1-20-11-4-3-8(6-12(11)21-2)10(17)5-9-7-15-16-13(9)14(18)19/h3-4,6-7H,5H2,1-2H3,(H,15,16)(H,18,19). The van der Waals surface area contributed by atoms with Crippen molar-refractivity contribution in [2.45, 2.75) is 6.42 Å². The SMILES string of the molecule is COc1ccc(C(=O)Cc2cn[nH]c2C(=O)O)cc1OC. The number of nitrogens with one attached hydrogen (secondary N) is 1. The monoisotopic (exact) mass is 290 g/mol. The number of ether oxygens (including phenoxy) is 2. The van der Waals surface area contributed by atoms with E-state index < -0.39 is 5.97 Å². The lowest BCUT2D eigenvalue weighted by Gasteiger charge is -2.09. The molecule has 7 nitrogen and oxygen atoms in total. The van der Waals surface area contributed by atoms with Crippen molar-refractivity contribution < 1.29 is 24.2 Å². The lowest BCUT2D eigenvalue weighted by Crippen LogP contribution is -2.08. The number of H-pyrrole nitrogens is 1. The van der Waals surface area contributed by atoms with Gasteiger partial charge in [0.1, 0.15) is 5.69 Å². The van der Waals surface area contributed by atoms with Crippen LogP contribution in [-0.4, -0.2) is 41.3 Å². The second kappa shape index (κ2) is 6.08. The smallest absolute Gasteiger partial charge is 0.354 e. The summed E-state index contributed by atoms with van der Waals surface area (Å²) in [6, 6.07) is 4.78. The molecule has 1 heterocycles. The number of hydrogen-bond donors (Lipinski definition) is 2. The van der Waals surface area contributed by atoms with Gasteiger partial charge in [0.15, 0.2) is 17.3 Å². The van der Waals surface area contributed by atoms with E-state index in [4.69, 9.17) is 14.6 Å². The van der Waals surface area contributed by atoms with Crippen molar-refractivity contribution >= 4 is 11.8 Å². The number of aromatic carboxylic acids is 1. The number of benzene rings is 1. The molecule has 2 aromatic rings. The third-order valence-electron chi connectivity index (χ3n) is 2.99. The molecule has 0 aliphatic heterocycles. The Morgan fingerprint density at radius 2 is 1.95 bits per heavy atom. The van der Waals surface area contributed by atoms with Crippen molar-refractivity contribution in [3.63, 3.8) is 0 Å². The number of ketones is 1. The van der Waals surface area contributed by atoms with Crippen LogP contribution in [0.15, 0.2) is 24.4 Å². The van der Waals surface area contributed by atoms with Crippen LogP contribution in [0.1, 0.15) is 26.4 Å². The molecule has 0 saturated heterocycles. The Bertz CT molecular complexity index is 678. The second-order valence-electron chi connectivity index (χ2n) is 4.25. The molecule has 0 atom stereocenters. The summed E-state index contributed by atoms with van der Waals surface area (Å²) in [4.78, 5) is 23.2. The molecule has 0 spiro atoms. The van der Waals surface area contributed by atoms with Crippen molar-refractivity contribution in [2.24, 2.45) is 0 Å². The molecular weight excluding hydrogens is 276 g/mol. The summed E-state index contributed by atoms with van der Waals surface area (Å²) >= 11 is 0. The number of rotatable bonds is 6. The highest BCUT2D eigenvalue weighted by Gasteiger charge is 2.17. The molecular formula is C14H14N2O5. The number of nitrogens with zero attached hydrogens (tertiary/aromatic N) is 1. The largest absolute Gasteiger partial charge is 0.493 e. The van der Waals surface area contributed by atoms with Crippen LogP contribution in [-0.2, 0) is 6.42 Å². The summed E-state index contributed by atoms with van der Waals surface area (Å²) in [5, 5.41) is 15.0. The first kappa shape index (κ1) is 14.6. The van der Waals surface area contributed by atoms with Gasteiger partial charge >= 0.3 is 5.97 Å². The number of carbonyl (C=O) groups is 2. The maximum Gasteiger partial charge on any atom is 0.354 e. The topological polar surface area (TPSA) is 102 Å². The van der Waals surface area contributed by atoms with Crippen molar-refractivity contribution in [2.75, 3.05) is 14.2 Å². The molecule has 110 valence electrons. The molecule has 2 N–H and O–H groups in total. The minimum Gasteiger partial charge on any atom is -0.493 e. The van der Waals surface area contributed by atoms with E-state index in [0.717, 1.165) is 0 Å². The summed E-state index contributed by atoms with van der Waals surface area (Å²) in [6.45, 7) is 0. The first-order valence-electron chi connectivity index (χ1n) is 6.07. The Hall–Kier alpha value is -2.83. The van der Waals surface area contributed by atoms with Gasteiger partial charge in [-0.25, -0.2) is 4.79 Å². The van der Waals surface area contributed by atoms with Crippen LogP contribution in [0.5, 0.6) is 11.5 Å². The first-order chi connectivity index (χ1) is 10.1. The first-order valence-corrected chi connectivity index (χ1v) is 6.07. The minimum absolute atomic E-state index is 0.0619. The van der Waals surface area contributed by atoms with Crippen LogP contribution in [0.2, 0.25) is 0 Å². The summed E-state index contributed by atoms with van der Waals surface area (Å²) in [7, 11) is 2.98. The van der Waals surface area contributed by atoms with E-state index in [0.29, 0.717) is 22.6 Å². The molecule has 21 heavy (non-hydrogen) atoms. The fourth-order valence-electron chi connectivity index (χ4n) is 1.92. The zero-order chi connectivity index (χ0) is 15.4. The van der Waals surface area contributed by atoms with Crippen LogP contribution < -0.4 is 9.47 Å². The third-order valence-corrected chi connectivity index (χ3v) is 2.99. The van der Waals surface area contributed by atoms with Crippen LogP contribution in [0.25, 0.3) is 0 Å². The maximum atomic E-state index is 12.2. The van der Waals surface area contributed by atoms with Gasteiger partial charge < -0.3 is 14.6 Å². The zero-order valence-electron chi connectivity index (χ0n) is 11.5. The Kier molecular flexibility index (Phi) is 4.22. The van der Waals surface area contributed by atoms with E-state index in [1.165, 1.54) is 20.4 Å². The maximum absolute atomic E-state index is 12.2. The minimum atomic E-state index is -1.15. The molecule has 1 aromatic carbocycles. The molecule has 0 aliphatic rings. The third kappa shape index (κ3) is 3.02. The fourth-order valence-corrected chi connectivity index (χ4v) is 1.92. The van der Waals surface area contributed by atoms with E-state index in [1.54, 1.807) is 18.2 Å². The summed E-state index contributed by atoms with van der Waals surface area (Å²) < 4.78 is 10.2. The summed E-state index contributed by atoms with van der Waals surface area (Å²) in [5.74, 6) is -0.431. The Balaban J connectivity index is 2.24. The van der Waals surface area contributed by atoms with Crippen molar-refractivity contribution in [1.82, 2.24) is 10.2 Å². The predicted molar refractivity (Wildman–Crippen MR) is 73.1 cm³/mol. The molecule has 0 radical (unpaired) electrons. The van der Waals surface area contributed by atoms with E-state index in [2.05, 4.69) is 10.2 Å². The lowest BCUT2D eigenvalue weighted by atomic mass is 10.0. The van der Waals surface area contributed by atoms with E-state index >= 15 is 0 Å². The van der Waals surface area contributed by atoms with Crippen molar-refractivity contribution in [1.29, 1.82) is 0 Å². The number of carbonyl (C=O) groups excluding carboxylic acids is 1. The van der Waals surface area contributed by atoms with Crippen LogP contribution in [0, 0.1) is 0 Å². The highest BCUT2D eigenvalue weighted by molar-refractivity contribution is 5.99. The quantitative estimate of drug-likeness (QED) is 0.783. The molecule has 0 amide bonds. The number of aromatic amines is 1. The number of carboxylic acids is 1. The Labute approximate surface area is 120 Å². The average Bonchev–Trinajstić information content (AvgIpc) is 2.94. The van der Waals surface area contributed by atoms with Gasteiger partial charge in [0.2, 0.25) is 0 Å². The van der Waals surface area contributed by atoms with Gasteiger partial charge in [0, 0.05) is 17.5 Å². The summed E-state index contributed by atoms with van der Waals surface area (Å²) in [6.07, 6.45) is 1.27. The highest BCUT2D eigenvalue weighted by atomic mass is 16.5. The molecule has 0 bridgehead atoms. The van der Waals surface area contributed by atoms with E-state index in [-0.39, 0.29) is 17.9 Å². The number of carboxylic acid groups (broad SMARTS) is 1. The molecule has 7 heteroatoms. The van der Waals surface area contributed by atoms with Gasteiger partial charge in [-0.05, 0) is 18.2 Å². The highest BCUT2D eigenvalue weighted by Crippen LogP contribution is 2.28. The lowest BCUT2D eigenvalue weighted by molar-refractivity contribution is 0.0689. The normalized spacial score (nSPS) is 10.2. The fraction of sp³-hybridized carbons (Fsp3) is 0.214. The predicted octanol–water partition coefficient (Wildman–Crippen LogP) is 1.55. The number of Topliss-reactive ketones (excluding diaryl/α,β-unsaturated/α-hetero) is 1.